The van der Waals surface area contributed by atoms with Gasteiger partial charge in [0.1, 0.15) is 10.9 Å². The second-order valence-electron chi connectivity index (χ2n) is 7.67. The maximum absolute atomic E-state index is 13.0. The molecule has 3 aromatic rings. The first-order chi connectivity index (χ1) is 16.0. The molecule has 1 heterocycles. The topological polar surface area (TPSA) is 38.8 Å². The van der Waals surface area contributed by atoms with Crippen molar-refractivity contribution in [3.05, 3.63) is 100.0 Å². The number of benzene rings is 3. The van der Waals surface area contributed by atoms with Crippen LogP contribution >= 0.6 is 24.0 Å². The smallest absolute Gasteiger partial charge is 0.266 e. The lowest BCUT2D eigenvalue weighted by atomic mass is 10.1. The van der Waals surface area contributed by atoms with Gasteiger partial charge < -0.3 is 9.47 Å². The van der Waals surface area contributed by atoms with E-state index in [0.717, 1.165) is 16.7 Å². The van der Waals surface area contributed by atoms with Crippen LogP contribution in [0, 0.1) is 6.92 Å². The van der Waals surface area contributed by atoms with Gasteiger partial charge in [0.2, 0.25) is 0 Å². The largest absolute Gasteiger partial charge is 0.490 e. The highest BCUT2D eigenvalue weighted by Gasteiger charge is 2.32. The number of amides is 1. The summed E-state index contributed by atoms with van der Waals surface area (Å²) in [7, 11) is 0. The Morgan fingerprint density at radius 1 is 0.939 bits per heavy atom. The summed E-state index contributed by atoms with van der Waals surface area (Å²) in [5.41, 5.74) is 4.21. The molecule has 0 unspecified atom stereocenters. The molecule has 1 amide bonds. The van der Waals surface area contributed by atoms with Crippen molar-refractivity contribution in [1.82, 2.24) is 4.90 Å². The van der Waals surface area contributed by atoms with E-state index in [2.05, 4.69) is 31.2 Å². The lowest BCUT2D eigenvalue weighted by Crippen LogP contribution is -2.27. The fourth-order valence-electron chi connectivity index (χ4n) is 3.40. The molecule has 3 aromatic carbocycles. The van der Waals surface area contributed by atoms with Gasteiger partial charge in [-0.3, -0.25) is 9.69 Å². The molecule has 4 nitrogen and oxygen atoms in total. The normalized spacial score (nSPS) is 14.7. The van der Waals surface area contributed by atoms with Crippen molar-refractivity contribution in [2.75, 3.05) is 6.61 Å². The van der Waals surface area contributed by atoms with Crippen molar-refractivity contribution < 1.29 is 14.3 Å². The fourth-order valence-corrected chi connectivity index (χ4v) is 4.66. The van der Waals surface area contributed by atoms with Crippen LogP contribution < -0.4 is 9.47 Å². The summed E-state index contributed by atoms with van der Waals surface area (Å²) in [6.45, 7) is 5.44. The molecule has 0 spiro atoms. The summed E-state index contributed by atoms with van der Waals surface area (Å²) in [4.78, 5) is 15.2. The summed E-state index contributed by atoms with van der Waals surface area (Å²) < 4.78 is 12.4. The molecule has 0 bridgehead atoms. The third-order valence-corrected chi connectivity index (χ3v) is 6.52. The number of ether oxygens (including phenoxy) is 2. The molecule has 0 atom stereocenters. The van der Waals surface area contributed by atoms with E-state index >= 15 is 0 Å². The summed E-state index contributed by atoms with van der Waals surface area (Å²) in [5, 5.41) is 0. The van der Waals surface area contributed by atoms with Gasteiger partial charge in [-0.2, -0.15) is 0 Å². The van der Waals surface area contributed by atoms with Crippen LogP contribution in [0.3, 0.4) is 0 Å². The summed E-state index contributed by atoms with van der Waals surface area (Å²) in [6.07, 6.45) is 1.86. The minimum atomic E-state index is -0.0773. The van der Waals surface area contributed by atoms with E-state index in [-0.39, 0.29) is 5.91 Å². The monoisotopic (exact) mass is 475 g/mol. The molecule has 4 rings (SSSR count). The van der Waals surface area contributed by atoms with Crippen molar-refractivity contribution in [2.24, 2.45) is 0 Å². The molecule has 0 aliphatic carbocycles. The van der Waals surface area contributed by atoms with Crippen LogP contribution in [0.15, 0.2) is 77.7 Å². The number of hydrogen-bond donors (Lipinski definition) is 0. The summed E-state index contributed by atoms with van der Waals surface area (Å²) >= 11 is 6.79. The van der Waals surface area contributed by atoms with Crippen molar-refractivity contribution in [2.45, 2.75) is 27.0 Å². The molecule has 0 aromatic heterocycles. The predicted molar refractivity (Wildman–Crippen MR) is 138 cm³/mol. The van der Waals surface area contributed by atoms with E-state index in [4.69, 9.17) is 21.7 Å². The number of nitrogens with zero attached hydrogens (tertiary/aromatic N) is 1. The van der Waals surface area contributed by atoms with Gasteiger partial charge in [-0.05, 0) is 48.7 Å². The Kier molecular flexibility index (Phi) is 7.47. The number of rotatable bonds is 8. The molecule has 1 saturated heterocycles. The molecule has 1 fully saturated rings. The molecule has 0 radical (unpaired) electrons. The van der Waals surface area contributed by atoms with Crippen molar-refractivity contribution in [3.8, 4) is 11.5 Å². The van der Waals surface area contributed by atoms with Crippen LogP contribution in [0.2, 0.25) is 0 Å². The number of thioether (sulfide) groups is 1. The number of carbonyl (C=O) groups excluding carboxylic acids is 1. The minimum absolute atomic E-state index is 0.0773. The Morgan fingerprint density at radius 2 is 1.70 bits per heavy atom. The lowest BCUT2D eigenvalue weighted by Gasteiger charge is -2.14. The van der Waals surface area contributed by atoms with Crippen LogP contribution in [0.1, 0.15) is 29.2 Å². The third kappa shape index (κ3) is 5.83. The van der Waals surface area contributed by atoms with Gasteiger partial charge in [0, 0.05) is 0 Å². The molecule has 0 N–H and O–H groups in total. The Morgan fingerprint density at radius 3 is 2.42 bits per heavy atom. The average Bonchev–Trinajstić information content (AvgIpc) is 3.08. The number of carbonyl (C=O) groups is 1. The molecule has 33 heavy (non-hydrogen) atoms. The second-order valence-corrected chi connectivity index (χ2v) is 9.34. The quantitative estimate of drug-likeness (QED) is 0.279. The van der Waals surface area contributed by atoms with Crippen LogP contribution in [-0.4, -0.2) is 21.7 Å². The van der Waals surface area contributed by atoms with Gasteiger partial charge in [0.15, 0.2) is 11.5 Å². The van der Waals surface area contributed by atoms with Crippen molar-refractivity contribution >= 4 is 40.3 Å². The highest BCUT2D eigenvalue weighted by atomic mass is 32.2. The number of aryl methyl sites for hydroxylation is 1. The molecule has 0 saturated carbocycles. The predicted octanol–water partition coefficient (Wildman–Crippen LogP) is 6.37. The zero-order valence-electron chi connectivity index (χ0n) is 18.6. The van der Waals surface area contributed by atoms with Crippen LogP contribution in [-0.2, 0) is 17.9 Å². The van der Waals surface area contributed by atoms with Gasteiger partial charge in [0.25, 0.3) is 5.91 Å². The minimum Gasteiger partial charge on any atom is -0.490 e. The molecular formula is C27H25NO3S2. The molecular weight excluding hydrogens is 450 g/mol. The molecule has 168 valence electrons. The molecule has 1 aliphatic rings. The zero-order chi connectivity index (χ0) is 23.2. The van der Waals surface area contributed by atoms with E-state index in [9.17, 15) is 4.79 Å². The van der Waals surface area contributed by atoms with Crippen LogP contribution in [0.25, 0.3) is 6.08 Å². The highest BCUT2D eigenvalue weighted by molar-refractivity contribution is 8.26. The first-order valence-corrected chi connectivity index (χ1v) is 12.0. The molecule has 6 heteroatoms. The highest BCUT2D eigenvalue weighted by Crippen LogP contribution is 2.35. The Balaban J connectivity index is 1.50. The maximum atomic E-state index is 13.0. The number of thiocarbonyl (C=S) groups is 1. The van der Waals surface area contributed by atoms with Gasteiger partial charge in [-0.25, -0.2) is 0 Å². The van der Waals surface area contributed by atoms with Crippen molar-refractivity contribution in [3.63, 3.8) is 0 Å². The fraction of sp³-hybridized carbons (Fsp3) is 0.185. The first kappa shape index (κ1) is 23.1. The Hall–Kier alpha value is -3.09. The second kappa shape index (κ2) is 10.7. The summed E-state index contributed by atoms with van der Waals surface area (Å²) in [6, 6.07) is 23.8. The van der Waals surface area contributed by atoms with Gasteiger partial charge in [0.05, 0.1) is 18.1 Å². The summed E-state index contributed by atoms with van der Waals surface area (Å²) in [5.74, 6) is 1.25. The average molecular weight is 476 g/mol. The first-order valence-electron chi connectivity index (χ1n) is 10.8. The van der Waals surface area contributed by atoms with E-state index in [1.165, 1.54) is 17.3 Å². The van der Waals surface area contributed by atoms with Gasteiger partial charge in [-0.15, -0.1) is 0 Å². The maximum Gasteiger partial charge on any atom is 0.266 e. The van der Waals surface area contributed by atoms with E-state index in [1.807, 2.05) is 61.5 Å². The van der Waals surface area contributed by atoms with E-state index < -0.39 is 0 Å². The van der Waals surface area contributed by atoms with E-state index in [0.29, 0.717) is 40.5 Å². The SMILES string of the molecule is CCOc1cc(C=C2SC(=S)N(Cc3ccccc3)C2=O)ccc1OCc1ccc(C)cc1. The van der Waals surface area contributed by atoms with Crippen LogP contribution in [0.5, 0.6) is 11.5 Å². The van der Waals surface area contributed by atoms with Gasteiger partial charge in [-0.1, -0.05) is 90.2 Å². The third-order valence-electron chi connectivity index (χ3n) is 5.14. The Bertz CT molecular complexity index is 1170. The zero-order valence-corrected chi connectivity index (χ0v) is 20.2. The van der Waals surface area contributed by atoms with E-state index in [1.54, 1.807) is 4.90 Å². The lowest BCUT2D eigenvalue weighted by molar-refractivity contribution is -0.122. The van der Waals surface area contributed by atoms with Crippen molar-refractivity contribution in [1.29, 1.82) is 0 Å². The number of hydrogen-bond acceptors (Lipinski definition) is 5. The van der Waals surface area contributed by atoms with Gasteiger partial charge >= 0.3 is 0 Å². The molecule has 1 aliphatic heterocycles. The van der Waals surface area contributed by atoms with Crippen LogP contribution in [0.4, 0.5) is 0 Å². The Labute approximate surface area is 204 Å². The standard InChI is InChI=1S/C27H25NO3S2/c1-3-30-24-15-22(13-14-23(24)31-18-21-11-9-19(2)10-12-21)16-25-26(29)28(27(32)33-25)17-20-7-5-4-6-8-20/h4-16H,3,17-18H2,1-2H3.